The van der Waals surface area contributed by atoms with Crippen molar-refractivity contribution in [3.8, 4) is 0 Å². The lowest BCUT2D eigenvalue weighted by Gasteiger charge is -1.90. The molecular weight excluding hydrogens is 225 g/mol. The number of anilines is 1. The first-order valence-corrected chi connectivity index (χ1v) is 6.12. The first kappa shape index (κ1) is 16.2. The Morgan fingerprint density at radius 1 is 0.722 bits per heavy atom. The highest BCUT2D eigenvalue weighted by atomic mass is 19.1. The number of hydrogen-bond donors (Lipinski definition) is 1. The second-order valence-electron chi connectivity index (χ2n) is 3.71. The fraction of sp³-hybridized carbons (Fsp3) is 0.250. The standard InChI is InChI=1S/C7H7F.C7H9N.C2H6/c2*1-6-2-4-7(8)5-3-6;1-2/h2-5H,1H3;2-5H,8H2,1H3;1-2H3. The minimum atomic E-state index is -0.171. The number of nitrogens with two attached hydrogens (primary N) is 1. The van der Waals surface area contributed by atoms with Gasteiger partial charge in [-0.15, -0.1) is 0 Å². The summed E-state index contributed by atoms with van der Waals surface area (Å²) in [5.41, 5.74) is 8.59. The van der Waals surface area contributed by atoms with Crippen LogP contribution in [0.3, 0.4) is 0 Å². The number of rotatable bonds is 0. The largest absolute Gasteiger partial charge is 0.399 e. The van der Waals surface area contributed by atoms with Gasteiger partial charge in [0.05, 0.1) is 0 Å². The van der Waals surface area contributed by atoms with Gasteiger partial charge >= 0.3 is 0 Å². The molecule has 0 fully saturated rings. The molecule has 2 heteroatoms. The third kappa shape index (κ3) is 7.44. The van der Waals surface area contributed by atoms with Gasteiger partial charge in [0.1, 0.15) is 5.82 Å². The second-order valence-corrected chi connectivity index (χ2v) is 3.71. The van der Waals surface area contributed by atoms with Crippen LogP contribution in [0.5, 0.6) is 0 Å². The lowest BCUT2D eigenvalue weighted by atomic mass is 10.2. The summed E-state index contributed by atoms with van der Waals surface area (Å²) in [6.07, 6.45) is 0. The summed E-state index contributed by atoms with van der Waals surface area (Å²) in [5.74, 6) is -0.171. The van der Waals surface area contributed by atoms with Crippen LogP contribution in [0.1, 0.15) is 25.0 Å². The van der Waals surface area contributed by atoms with Crippen LogP contribution in [0, 0.1) is 19.7 Å². The van der Waals surface area contributed by atoms with Crippen molar-refractivity contribution >= 4 is 5.69 Å². The third-order valence-corrected chi connectivity index (χ3v) is 2.09. The van der Waals surface area contributed by atoms with Gasteiger partial charge in [-0.2, -0.15) is 0 Å². The normalized spacial score (nSPS) is 8.50. The van der Waals surface area contributed by atoms with Gasteiger partial charge in [-0.05, 0) is 38.1 Å². The number of halogens is 1. The van der Waals surface area contributed by atoms with E-state index in [1.807, 2.05) is 52.0 Å². The zero-order chi connectivity index (χ0) is 14.0. The highest BCUT2D eigenvalue weighted by Gasteiger charge is 1.83. The number of hydrogen-bond acceptors (Lipinski definition) is 1. The molecule has 0 saturated carbocycles. The summed E-state index contributed by atoms with van der Waals surface area (Å²) in [4.78, 5) is 0. The molecule has 0 aliphatic carbocycles. The van der Waals surface area contributed by atoms with E-state index in [2.05, 4.69) is 0 Å². The summed E-state index contributed by atoms with van der Waals surface area (Å²) >= 11 is 0. The zero-order valence-electron chi connectivity index (χ0n) is 11.6. The molecule has 0 heterocycles. The number of nitrogen functional groups attached to an aromatic ring is 1. The van der Waals surface area contributed by atoms with E-state index in [1.54, 1.807) is 12.1 Å². The Hall–Kier alpha value is -1.83. The van der Waals surface area contributed by atoms with Crippen molar-refractivity contribution in [2.45, 2.75) is 27.7 Å². The Kier molecular flexibility index (Phi) is 8.29. The Bertz CT molecular complexity index is 332. The van der Waals surface area contributed by atoms with Gasteiger partial charge < -0.3 is 5.73 Å². The van der Waals surface area contributed by atoms with Crippen molar-refractivity contribution in [3.05, 3.63) is 65.5 Å². The van der Waals surface area contributed by atoms with Gasteiger partial charge in [0, 0.05) is 5.69 Å². The first-order chi connectivity index (χ1) is 8.58. The quantitative estimate of drug-likeness (QED) is 0.669. The average Bonchev–Trinajstić information content (AvgIpc) is 2.40. The molecule has 0 bridgehead atoms. The van der Waals surface area contributed by atoms with Gasteiger partial charge in [0.25, 0.3) is 0 Å². The minimum Gasteiger partial charge on any atom is -0.399 e. The van der Waals surface area contributed by atoms with Crippen molar-refractivity contribution in [1.82, 2.24) is 0 Å². The van der Waals surface area contributed by atoms with Crippen LogP contribution in [0.15, 0.2) is 48.5 Å². The number of aryl methyl sites for hydroxylation is 2. The van der Waals surface area contributed by atoms with Crippen molar-refractivity contribution in [1.29, 1.82) is 0 Å². The molecule has 0 aliphatic rings. The topological polar surface area (TPSA) is 26.0 Å². The summed E-state index contributed by atoms with van der Waals surface area (Å²) in [5, 5.41) is 0. The molecule has 0 spiro atoms. The van der Waals surface area contributed by atoms with Crippen LogP contribution in [0.25, 0.3) is 0 Å². The van der Waals surface area contributed by atoms with E-state index in [-0.39, 0.29) is 5.82 Å². The van der Waals surface area contributed by atoms with Crippen molar-refractivity contribution < 1.29 is 4.39 Å². The molecule has 0 aromatic heterocycles. The predicted octanol–water partition coefficient (Wildman–Crippen LogP) is 4.74. The van der Waals surface area contributed by atoms with E-state index in [4.69, 9.17) is 5.73 Å². The van der Waals surface area contributed by atoms with Crippen LogP contribution in [0.4, 0.5) is 10.1 Å². The van der Waals surface area contributed by atoms with E-state index in [0.717, 1.165) is 11.3 Å². The van der Waals surface area contributed by atoms with Crippen molar-refractivity contribution in [2.24, 2.45) is 0 Å². The molecule has 2 aromatic rings. The second kappa shape index (κ2) is 9.23. The summed E-state index contributed by atoms with van der Waals surface area (Å²) in [7, 11) is 0. The van der Waals surface area contributed by atoms with Crippen LogP contribution in [-0.2, 0) is 0 Å². The van der Waals surface area contributed by atoms with Crippen LogP contribution in [0.2, 0.25) is 0 Å². The molecule has 0 unspecified atom stereocenters. The third-order valence-electron chi connectivity index (χ3n) is 2.09. The van der Waals surface area contributed by atoms with Crippen LogP contribution >= 0.6 is 0 Å². The van der Waals surface area contributed by atoms with Gasteiger partial charge in [-0.25, -0.2) is 4.39 Å². The first-order valence-electron chi connectivity index (χ1n) is 6.12. The van der Waals surface area contributed by atoms with E-state index in [9.17, 15) is 4.39 Å². The maximum absolute atomic E-state index is 12.1. The molecule has 18 heavy (non-hydrogen) atoms. The highest BCUT2D eigenvalue weighted by molar-refractivity contribution is 5.38. The van der Waals surface area contributed by atoms with Gasteiger partial charge in [-0.3, -0.25) is 0 Å². The van der Waals surface area contributed by atoms with Crippen molar-refractivity contribution in [2.75, 3.05) is 5.73 Å². The lowest BCUT2D eigenvalue weighted by Crippen LogP contribution is -1.81. The molecular formula is C16H22FN. The van der Waals surface area contributed by atoms with Crippen molar-refractivity contribution in [3.63, 3.8) is 0 Å². The molecule has 0 radical (unpaired) electrons. The molecule has 0 amide bonds. The van der Waals surface area contributed by atoms with Crippen LogP contribution in [-0.4, -0.2) is 0 Å². The molecule has 0 aliphatic heterocycles. The summed E-state index contributed by atoms with van der Waals surface area (Å²) in [6, 6.07) is 14.2. The summed E-state index contributed by atoms with van der Waals surface area (Å²) in [6.45, 7) is 7.97. The predicted molar refractivity (Wildman–Crippen MR) is 78.1 cm³/mol. The fourth-order valence-electron chi connectivity index (χ4n) is 1.10. The average molecular weight is 247 g/mol. The molecule has 0 saturated heterocycles. The maximum atomic E-state index is 12.1. The number of benzene rings is 2. The minimum absolute atomic E-state index is 0.171. The maximum Gasteiger partial charge on any atom is 0.123 e. The lowest BCUT2D eigenvalue weighted by molar-refractivity contribution is 0.627. The molecule has 2 rings (SSSR count). The van der Waals surface area contributed by atoms with E-state index >= 15 is 0 Å². The smallest absolute Gasteiger partial charge is 0.123 e. The summed E-state index contributed by atoms with van der Waals surface area (Å²) < 4.78 is 12.1. The van der Waals surface area contributed by atoms with Gasteiger partial charge in [0.2, 0.25) is 0 Å². The Morgan fingerprint density at radius 2 is 1.06 bits per heavy atom. The Labute approximate surface area is 109 Å². The van der Waals surface area contributed by atoms with Crippen LogP contribution < -0.4 is 5.73 Å². The van der Waals surface area contributed by atoms with E-state index in [0.29, 0.717) is 0 Å². The van der Waals surface area contributed by atoms with E-state index < -0.39 is 0 Å². The Morgan fingerprint density at radius 3 is 1.33 bits per heavy atom. The van der Waals surface area contributed by atoms with E-state index in [1.165, 1.54) is 17.7 Å². The fourth-order valence-corrected chi connectivity index (χ4v) is 1.10. The Balaban J connectivity index is 0.000000283. The zero-order valence-corrected chi connectivity index (χ0v) is 11.6. The molecule has 0 atom stereocenters. The molecule has 2 N–H and O–H groups in total. The monoisotopic (exact) mass is 247 g/mol. The van der Waals surface area contributed by atoms with Gasteiger partial charge in [0.15, 0.2) is 0 Å². The molecule has 98 valence electrons. The van der Waals surface area contributed by atoms with Gasteiger partial charge in [-0.1, -0.05) is 49.2 Å². The highest BCUT2D eigenvalue weighted by Crippen LogP contribution is 2.02. The molecule has 2 aromatic carbocycles. The SMILES string of the molecule is CC.Cc1ccc(F)cc1.Cc1ccc(N)cc1. The molecule has 1 nitrogen and oxygen atoms in total.